The Morgan fingerprint density at radius 2 is 1.76 bits per heavy atom. The molecule has 0 fully saturated rings. The third-order valence-electron chi connectivity index (χ3n) is 4.57. The molecule has 146 valence electrons. The van der Waals surface area contributed by atoms with Crippen molar-refractivity contribution in [1.82, 2.24) is 19.2 Å². The van der Waals surface area contributed by atoms with Crippen LogP contribution in [0.25, 0.3) is 28.0 Å². The molecule has 0 radical (unpaired) electrons. The second-order valence-corrected chi connectivity index (χ2v) is 7.52. The average molecular weight is 427 g/mol. The van der Waals surface area contributed by atoms with Gasteiger partial charge in [0.15, 0.2) is 5.65 Å². The molecule has 6 nitrogen and oxygen atoms in total. The average Bonchev–Trinajstić information content (AvgIpc) is 3.05. The third-order valence-corrected chi connectivity index (χ3v) is 5.16. The van der Waals surface area contributed by atoms with Gasteiger partial charge in [0.2, 0.25) is 0 Å². The van der Waals surface area contributed by atoms with Crippen molar-refractivity contribution in [2.24, 2.45) is 0 Å². The highest BCUT2D eigenvalue weighted by Gasteiger charge is 2.22. The van der Waals surface area contributed by atoms with Crippen molar-refractivity contribution in [2.45, 2.75) is 20.4 Å². The van der Waals surface area contributed by atoms with Crippen LogP contribution in [0.1, 0.15) is 12.7 Å². The Morgan fingerprint density at radius 1 is 1.07 bits per heavy atom. The predicted molar refractivity (Wildman–Crippen MR) is 114 cm³/mol. The normalized spacial score (nSPS) is 11.2. The van der Waals surface area contributed by atoms with Crippen LogP contribution >= 0.6 is 23.2 Å². The first-order valence-corrected chi connectivity index (χ1v) is 9.63. The van der Waals surface area contributed by atoms with E-state index in [1.165, 1.54) is 16.0 Å². The van der Waals surface area contributed by atoms with Crippen LogP contribution in [0.5, 0.6) is 0 Å². The largest absolute Gasteiger partial charge is 0.352 e. The molecule has 0 spiro atoms. The van der Waals surface area contributed by atoms with E-state index >= 15 is 0 Å². The summed E-state index contributed by atoms with van der Waals surface area (Å²) in [4.78, 5) is 29.3. The van der Waals surface area contributed by atoms with Crippen molar-refractivity contribution < 1.29 is 4.79 Å². The number of hydrogen-bond donors (Lipinski definition) is 0. The van der Waals surface area contributed by atoms with Gasteiger partial charge in [-0.25, -0.2) is 9.78 Å². The first-order chi connectivity index (χ1) is 13.9. The van der Waals surface area contributed by atoms with Gasteiger partial charge in [0.25, 0.3) is 0 Å². The van der Waals surface area contributed by atoms with Crippen LogP contribution in [0.2, 0.25) is 10.0 Å². The van der Waals surface area contributed by atoms with Crippen molar-refractivity contribution >= 4 is 34.6 Å². The molecule has 0 amide bonds. The monoisotopic (exact) mass is 426 g/mol. The number of ketones is 1. The number of benzene rings is 2. The Kier molecular flexibility index (Phi) is 4.98. The minimum Gasteiger partial charge on any atom is -0.298 e. The van der Waals surface area contributed by atoms with Gasteiger partial charge in [0.1, 0.15) is 17.3 Å². The van der Waals surface area contributed by atoms with Gasteiger partial charge in [0, 0.05) is 10.6 Å². The Morgan fingerprint density at radius 3 is 2.41 bits per heavy atom. The van der Waals surface area contributed by atoms with E-state index in [9.17, 15) is 9.59 Å². The lowest BCUT2D eigenvalue weighted by Crippen LogP contribution is -2.32. The van der Waals surface area contributed by atoms with Gasteiger partial charge in [-0.2, -0.15) is 9.61 Å². The van der Waals surface area contributed by atoms with Gasteiger partial charge in [-0.3, -0.25) is 9.36 Å². The lowest BCUT2D eigenvalue weighted by atomic mass is 10.0. The molecule has 0 atom stereocenters. The van der Waals surface area contributed by atoms with Crippen molar-refractivity contribution in [2.75, 3.05) is 0 Å². The molecular weight excluding hydrogens is 411 g/mol. The summed E-state index contributed by atoms with van der Waals surface area (Å²) in [5.74, 6) is 0.284. The van der Waals surface area contributed by atoms with Crippen LogP contribution in [0.4, 0.5) is 0 Å². The molecule has 4 rings (SSSR count). The van der Waals surface area contributed by atoms with Crippen LogP contribution in [-0.2, 0) is 11.3 Å². The molecule has 2 heterocycles. The lowest BCUT2D eigenvalue weighted by Gasteiger charge is -2.08. The van der Waals surface area contributed by atoms with E-state index in [0.29, 0.717) is 38.3 Å². The summed E-state index contributed by atoms with van der Waals surface area (Å²) in [7, 11) is 0. The number of halogens is 2. The number of Topliss-reactive ketones (excluding diaryl/α,β-unsaturated/α-hetero) is 1. The van der Waals surface area contributed by atoms with Crippen molar-refractivity contribution in [3.63, 3.8) is 0 Å². The standard InChI is InChI=1S/C21H16Cl2N4O2/c1-12(28)11-26-13(2)24-20-18(14-7-9-15(22)10-8-14)19(25-27(20)21(26)29)16-5-3-4-6-17(16)23/h3-10H,11H2,1-2H3. The number of carbonyl (C=O) groups excluding carboxylic acids is 1. The molecule has 2 aromatic carbocycles. The van der Waals surface area contributed by atoms with Crippen molar-refractivity contribution in [3.05, 3.63) is 74.9 Å². The maximum absolute atomic E-state index is 13.1. The zero-order valence-electron chi connectivity index (χ0n) is 15.7. The quantitative estimate of drug-likeness (QED) is 0.483. The highest BCUT2D eigenvalue weighted by atomic mass is 35.5. The Balaban J connectivity index is 2.11. The Bertz CT molecular complexity index is 1310. The molecular formula is C21H16Cl2N4O2. The van der Waals surface area contributed by atoms with Crippen molar-refractivity contribution in [1.29, 1.82) is 0 Å². The molecule has 8 heteroatoms. The lowest BCUT2D eigenvalue weighted by molar-refractivity contribution is -0.117. The summed E-state index contributed by atoms with van der Waals surface area (Å²) in [5.41, 5.74) is 2.64. The van der Waals surface area contributed by atoms with Crippen LogP contribution in [-0.4, -0.2) is 24.9 Å². The summed E-state index contributed by atoms with van der Waals surface area (Å²) in [6, 6.07) is 14.5. The molecule has 4 aromatic rings. The third kappa shape index (κ3) is 3.45. The minimum atomic E-state index is -0.434. The smallest absolute Gasteiger partial charge is 0.298 e. The fourth-order valence-corrected chi connectivity index (χ4v) is 3.59. The zero-order chi connectivity index (χ0) is 20.7. The molecule has 0 N–H and O–H groups in total. The van der Waals surface area contributed by atoms with E-state index in [1.807, 2.05) is 30.3 Å². The topological polar surface area (TPSA) is 69.3 Å². The van der Waals surface area contributed by atoms with Gasteiger partial charge in [0.05, 0.1) is 17.1 Å². The fourth-order valence-electron chi connectivity index (χ4n) is 3.24. The molecule has 29 heavy (non-hydrogen) atoms. The van der Waals surface area contributed by atoms with Crippen LogP contribution in [0.15, 0.2) is 53.3 Å². The first kappa shape index (κ1) is 19.4. The fraction of sp³-hybridized carbons (Fsp3) is 0.143. The minimum absolute atomic E-state index is 0.0643. The number of aromatic nitrogens is 4. The molecule has 0 aliphatic rings. The molecule has 0 bridgehead atoms. The van der Waals surface area contributed by atoms with Crippen LogP contribution < -0.4 is 5.69 Å². The van der Waals surface area contributed by atoms with Crippen molar-refractivity contribution in [3.8, 4) is 22.4 Å². The molecule has 0 saturated heterocycles. The second-order valence-electron chi connectivity index (χ2n) is 6.68. The number of rotatable bonds is 4. The highest BCUT2D eigenvalue weighted by molar-refractivity contribution is 6.33. The van der Waals surface area contributed by atoms with Gasteiger partial charge in [-0.15, -0.1) is 0 Å². The van der Waals surface area contributed by atoms with Gasteiger partial charge in [-0.05, 0) is 37.6 Å². The van der Waals surface area contributed by atoms with Gasteiger partial charge >= 0.3 is 5.69 Å². The number of nitrogens with zero attached hydrogens (tertiary/aromatic N) is 4. The SMILES string of the molecule is CC(=O)Cn1c(C)nc2c(-c3ccc(Cl)cc3)c(-c3ccccc3Cl)nn2c1=O. The molecule has 2 aromatic heterocycles. The Labute approximate surface area is 176 Å². The van der Waals surface area contributed by atoms with Crippen LogP contribution in [0.3, 0.4) is 0 Å². The summed E-state index contributed by atoms with van der Waals surface area (Å²) < 4.78 is 2.53. The van der Waals surface area contributed by atoms with E-state index in [0.717, 1.165) is 5.56 Å². The van der Waals surface area contributed by atoms with E-state index in [1.54, 1.807) is 25.1 Å². The molecule has 0 aliphatic carbocycles. The van der Waals surface area contributed by atoms with E-state index < -0.39 is 5.69 Å². The molecule has 0 aliphatic heterocycles. The van der Waals surface area contributed by atoms with Gasteiger partial charge in [-0.1, -0.05) is 53.5 Å². The van der Waals surface area contributed by atoms with E-state index in [2.05, 4.69) is 10.1 Å². The molecule has 0 saturated carbocycles. The number of hydrogen-bond acceptors (Lipinski definition) is 4. The van der Waals surface area contributed by atoms with E-state index in [4.69, 9.17) is 23.2 Å². The predicted octanol–water partition coefficient (Wildman–Crippen LogP) is 4.43. The number of fused-ring (bicyclic) bond motifs is 1. The zero-order valence-corrected chi connectivity index (χ0v) is 17.2. The second kappa shape index (κ2) is 7.46. The first-order valence-electron chi connectivity index (χ1n) is 8.87. The molecule has 0 unspecified atom stereocenters. The van der Waals surface area contributed by atoms with Gasteiger partial charge < -0.3 is 0 Å². The Hall–Kier alpha value is -2.96. The maximum atomic E-state index is 13.1. The number of carbonyl (C=O) groups is 1. The number of aryl methyl sites for hydroxylation is 1. The maximum Gasteiger partial charge on any atom is 0.352 e. The summed E-state index contributed by atoms with van der Waals surface area (Å²) in [6.45, 7) is 3.05. The van der Waals surface area contributed by atoms with Crippen LogP contribution in [0, 0.1) is 6.92 Å². The van der Waals surface area contributed by atoms with E-state index in [-0.39, 0.29) is 12.3 Å². The highest BCUT2D eigenvalue weighted by Crippen LogP contribution is 2.37. The summed E-state index contributed by atoms with van der Waals surface area (Å²) in [5, 5.41) is 5.64. The summed E-state index contributed by atoms with van der Waals surface area (Å²) in [6.07, 6.45) is 0. The summed E-state index contributed by atoms with van der Waals surface area (Å²) >= 11 is 12.5.